The SMILES string of the molecule is Nc1ncnc2c1ncn2[C@@H]1O[C@H](COC(c2ccccc2)(c2ccccc2)c2ccccc2)[C@@H](OC(=O)c2ccc(Cl)cc2)[C@H]1O. The van der Waals surface area contributed by atoms with Gasteiger partial charge in [-0.1, -0.05) is 103 Å². The lowest BCUT2D eigenvalue weighted by Crippen LogP contribution is -2.41. The van der Waals surface area contributed by atoms with Gasteiger partial charge in [0.1, 0.15) is 29.7 Å². The van der Waals surface area contributed by atoms with E-state index in [-0.39, 0.29) is 18.0 Å². The molecular weight excluding hydrogens is 618 g/mol. The Morgan fingerprint density at radius 2 is 1.43 bits per heavy atom. The monoisotopic (exact) mass is 647 g/mol. The molecule has 2 aromatic heterocycles. The van der Waals surface area contributed by atoms with E-state index < -0.39 is 36.1 Å². The molecule has 0 spiro atoms. The average molecular weight is 648 g/mol. The van der Waals surface area contributed by atoms with Crippen molar-refractivity contribution in [3.05, 3.63) is 155 Å². The highest BCUT2D eigenvalue weighted by Crippen LogP contribution is 2.42. The summed E-state index contributed by atoms with van der Waals surface area (Å²) in [6, 6.07) is 35.9. The summed E-state index contributed by atoms with van der Waals surface area (Å²) in [5.41, 5.74) is 8.59. The number of imidazole rings is 1. The molecule has 3 heterocycles. The predicted octanol–water partition coefficient (Wildman–Crippen LogP) is 5.55. The molecule has 1 aliphatic rings. The van der Waals surface area contributed by atoms with Crippen molar-refractivity contribution in [1.29, 1.82) is 0 Å². The summed E-state index contributed by atoms with van der Waals surface area (Å²) < 4.78 is 21.0. The van der Waals surface area contributed by atoms with E-state index in [4.69, 9.17) is 31.5 Å². The van der Waals surface area contributed by atoms with Crippen molar-refractivity contribution >= 4 is 34.6 Å². The van der Waals surface area contributed by atoms with Crippen molar-refractivity contribution in [2.75, 3.05) is 12.3 Å². The third-order valence-electron chi connectivity index (χ3n) is 8.30. The Morgan fingerprint density at radius 1 is 0.851 bits per heavy atom. The Kier molecular flexibility index (Phi) is 8.40. The number of hydrogen-bond acceptors (Lipinski definition) is 9. The predicted molar refractivity (Wildman–Crippen MR) is 175 cm³/mol. The van der Waals surface area contributed by atoms with E-state index in [0.29, 0.717) is 16.2 Å². The van der Waals surface area contributed by atoms with Crippen LogP contribution in [0, 0.1) is 0 Å². The van der Waals surface area contributed by atoms with Crippen molar-refractivity contribution in [3.63, 3.8) is 0 Å². The maximum atomic E-state index is 13.4. The summed E-state index contributed by atoms with van der Waals surface area (Å²) in [7, 11) is 0. The molecule has 0 unspecified atom stereocenters. The summed E-state index contributed by atoms with van der Waals surface area (Å²) in [5, 5.41) is 12.2. The highest BCUT2D eigenvalue weighted by atomic mass is 35.5. The normalized spacial score (nSPS) is 19.5. The van der Waals surface area contributed by atoms with Crippen molar-refractivity contribution in [1.82, 2.24) is 19.5 Å². The van der Waals surface area contributed by atoms with Crippen molar-refractivity contribution in [2.24, 2.45) is 0 Å². The first-order chi connectivity index (χ1) is 23.0. The fraction of sp³-hybridized carbons (Fsp3) is 0.167. The number of benzene rings is 4. The number of carbonyl (C=O) groups excluding carboxylic acids is 1. The molecule has 0 bridgehead atoms. The lowest BCUT2D eigenvalue weighted by Gasteiger charge is -2.37. The zero-order chi connectivity index (χ0) is 32.4. The summed E-state index contributed by atoms with van der Waals surface area (Å²) in [4.78, 5) is 26.1. The number of ether oxygens (including phenoxy) is 3. The van der Waals surface area contributed by atoms with Crippen LogP contribution in [-0.4, -0.2) is 55.5 Å². The molecule has 1 aliphatic heterocycles. The van der Waals surface area contributed by atoms with Crippen molar-refractivity contribution in [3.8, 4) is 0 Å². The van der Waals surface area contributed by atoms with E-state index in [1.54, 1.807) is 28.8 Å². The van der Waals surface area contributed by atoms with Crippen LogP contribution in [0.1, 0.15) is 33.3 Å². The number of esters is 1. The van der Waals surface area contributed by atoms with Gasteiger partial charge in [0, 0.05) is 5.02 Å². The minimum Gasteiger partial charge on any atom is -0.453 e. The van der Waals surface area contributed by atoms with Gasteiger partial charge in [0.15, 0.2) is 23.8 Å². The Balaban J connectivity index is 1.29. The molecule has 47 heavy (non-hydrogen) atoms. The fourth-order valence-electron chi connectivity index (χ4n) is 6.04. The van der Waals surface area contributed by atoms with Crippen LogP contribution < -0.4 is 5.73 Å². The first-order valence-electron chi connectivity index (χ1n) is 15.0. The van der Waals surface area contributed by atoms with Crippen molar-refractivity contribution in [2.45, 2.75) is 30.1 Å². The largest absolute Gasteiger partial charge is 0.453 e. The molecule has 0 amide bonds. The fourth-order valence-corrected chi connectivity index (χ4v) is 6.16. The van der Waals surface area contributed by atoms with Gasteiger partial charge in [-0.2, -0.15) is 0 Å². The molecule has 0 saturated carbocycles. The molecule has 3 N–H and O–H groups in total. The molecule has 1 fully saturated rings. The highest BCUT2D eigenvalue weighted by molar-refractivity contribution is 6.30. The number of nitrogens with two attached hydrogens (primary N) is 1. The van der Waals surface area contributed by atoms with Crippen LogP contribution >= 0.6 is 11.6 Å². The quantitative estimate of drug-likeness (QED) is 0.153. The van der Waals surface area contributed by atoms with Crippen LogP contribution in [0.25, 0.3) is 11.2 Å². The lowest BCUT2D eigenvalue weighted by atomic mass is 9.80. The Hall–Kier alpha value is -5.13. The molecule has 1 saturated heterocycles. The molecule has 0 radical (unpaired) electrons. The van der Waals surface area contributed by atoms with E-state index in [2.05, 4.69) is 15.0 Å². The molecule has 4 atom stereocenters. The molecule has 6 aromatic rings. The van der Waals surface area contributed by atoms with E-state index in [0.717, 1.165) is 16.7 Å². The summed E-state index contributed by atoms with van der Waals surface area (Å²) in [6.07, 6.45) is -1.65. The van der Waals surface area contributed by atoms with Crippen LogP contribution in [0.3, 0.4) is 0 Å². The number of aromatic nitrogens is 4. The van der Waals surface area contributed by atoms with Gasteiger partial charge in [0.05, 0.1) is 18.5 Å². The Labute approximate surface area is 275 Å². The van der Waals surface area contributed by atoms with Gasteiger partial charge in [0.25, 0.3) is 0 Å². The van der Waals surface area contributed by atoms with Crippen LogP contribution in [-0.2, 0) is 19.8 Å². The number of anilines is 1. The Morgan fingerprint density at radius 3 is 2.00 bits per heavy atom. The van der Waals surface area contributed by atoms with E-state index >= 15 is 0 Å². The number of halogens is 1. The van der Waals surface area contributed by atoms with E-state index in [9.17, 15) is 9.90 Å². The third kappa shape index (κ3) is 5.72. The number of aliphatic hydroxyl groups is 1. The van der Waals surface area contributed by atoms with Gasteiger partial charge in [0.2, 0.25) is 0 Å². The van der Waals surface area contributed by atoms with Gasteiger partial charge in [-0.05, 0) is 41.0 Å². The van der Waals surface area contributed by atoms with Crippen LogP contribution in [0.2, 0.25) is 5.02 Å². The first kappa shape index (κ1) is 30.5. The van der Waals surface area contributed by atoms with Crippen LogP contribution in [0.15, 0.2) is 128 Å². The van der Waals surface area contributed by atoms with E-state index in [1.165, 1.54) is 12.7 Å². The third-order valence-corrected chi connectivity index (χ3v) is 8.55. The number of fused-ring (bicyclic) bond motifs is 1. The average Bonchev–Trinajstić information content (AvgIpc) is 3.68. The molecule has 11 heteroatoms. The van der Waals surface area contributed by atoms with Gasteiger partial charge >= 0.3 is 5.97 Å². The van der Waals surface area contributed by atoms with Gasteiger partial charge in [-0.25, -0.2) is 19.7 Å². The zero-order valence-electron chi connectivity index (χ0n) is 25.0. The number of rotatable bonds is 9. The first-order valence-corrected chi connectivity index (χ1v) is 15.4. The second kappa shape index (κ2) is 12.9. The minimum atomic E-state index is -1.33. The maximum Gasteiger partial charge on any atom is 0.338 e. The molecule has 0 aliphatic carbocycles. The number of hydrogen-bond donors (Lipinski definition) is 2. The van der Waals surface area contributed by atoms with E-state index in [1.807, 2.05) is 91.0 Å². The van der Waals surface area contributed by atoms with Crippen LogP contribution in [0.4, 0.5) is 5.82 Å². The second-order valence-corrected chi connectivity index (χ2v) is 11.5. The minimum absolute atomic E-state index is 0.0748. The topological polar surface area (TPSA) is 135 Å². The number of nitrogens with zero attached hydrogens (tertiary/aromatic N) is 4. The standard InChI is InChI=1S/C36H30ClN5O5/c37-27-18-16-23(17-19-27)35(44)47-31-28(46-34(30(31)43)42-22-41-29-32(38)39-21-40-33(29)42)20-45-36(24-10-4-1-5-11-24,25-12-6-2-7-13-25)26-14-8-3-9-15-26/h1-19,21-22,28,30-31,34,43H,20H2,(H2,38,39,40)/t28-,30-,31-,34-/m1/s1. The molecule has 7 rings (SSSR count). The van der Waals surface area contributed by atoms with Gasteiger partial charge in [-0.3, -0.25) is 4.57 Å². The molecule has 236 valence electrons. The molecule has 4 aromatic carbocycles. The second-order valence-electron chi connectivity index (χ2n) is 11.1. The summed E-state index contributed by atoms with van der Waals surface area (Å²) in [6.45, 7) is -0.0748. The smallest absolute Gasteiger partial charge is 0.338 e. The molecule has 10 nitrogen and oxygen atoms in total. The van der Waals surface area contributed by atoms with Gasteiger partial charge < -0.3 is 25.1 Å². The highest BCUT2D eigenvalue weighted by Gasteiger charge is 2.49. The Bertz CT molecular complexity index is 1880. The summed E-state index contributed by atoms with van der Waals surface area (Å²) in [5.74, 6) is -0.465. The zero-order valence-corrected chi connectivity index (χ0v) is 25.7. The van der Waals surface area contributed by atoms with Gasteiger partial charge in [-0.15, -0.1) is 0 Å². The number of aliphatic hydroxyl groups excluding tert-OH is 1. The summed E-state index contributed by atoms with van der Waals surface area (Å²) >= 11 is 6.05. The number of carbonyl (C=O) groups is 1. The van der Waals surface area contributed by atoms with Crippen LogP contribution in [0.5, 0.6) is 0 Å². The lowest BCUT2D eigenvalue weighted by molar-refractivity contribution is -0.0960. The number of nitrogen functional groups attached to an aromatic ring is 1. The molecular formula is C36H30ClN5O5. The maximum absolute atomic E-state index is 13.4. The van der Waals surface area contributed by atoms with Crippen molar-refractivity contribution < 1.29 is 24.1 Å².